The normalized spacial score (nSPS) is 16.4. The predicted octanol–water partition coefficient (Wildman–Crippen LogP) is 16.4. The van der Waals surface area contributed by atoms with E-state index in [4.69, 9.17) is 4.42 Å². The Bertz CT molecular complexity index is 3970. The number of rotatable bonds is 1. The number of hydrogen-bond donors (Lipinski definition) is 0. The molecule has 4 aromatic heterocycles. The topological polar surface area (TPSA) is 21.3 Å². The molecule has 0 N–H and O–H groups in total. The van der Waals surface area contributed by atoms with Crippen LogP contribution in [0.1, 0.15) is 104 Å². The molecule has 3 aliphatic rings. The molecule has 0 bridgehead atoms. The van der Waals surface area contributed by atoms with Gasteiger partial charge < -0.3 is 13.8 Å². The summed E-state index contributed by atoms with van der Waals surface area (Å²) in [5.41, 5.74) is 18.1. The summed E-state index contributed by atoms with van der Waals surface area (Å²) in [4.78, 5) is 2.74. The van der Waals surface area contributed by atoms with Gasteiger partial charge in [0.2, 0.25) is 0 Å². The summed E-state index contributed by atoms with van der Waals surface area (Å²) < 4.78 is 15.5. The minimum absolute atomic E-state index is 0.00869. The van der Waals surface area contributed by atoms with Gasteiger partial charge in [-0.1, -0.05) is 124 Å². The van der Waals surface area contributed by atoms with Crippen LogP contribution >= 0.6 is 22.7 Å². The van der Waals surface area contributed by atoms with E-state index in [-0.39, 0.29) is 28.5 Å². The van der Waals surface area contributed by atoms with Crippen molar-refractivity contribution in [1.29, 1.82) is 0 Å². The lowest BCUT2D eigenvalue weighted by Gasteiger charge is -2.42. The Morgan fingerprint density at radius 3 is 2.00 bits per heavy atom. The van der Waals surface area contributed by atoms with Crippen molar-refractivity contribution in [1.82, 2.24) is 4.57 Å². The first-order valence-electron chi connectivity index (χ1n) is 23.9. The van der Waals surface area contributed by atoms with E-state index in [2.05, 4.69) is 194 Å². The highest BCUT2D eigenvalue weighted by molar-refractivity contribution is 7.32. The van der Waals surface area contributed by atoms with Gasteiger partial charge in [0.25, 0.3) is 0 Å². The maximum atomic E-state index is 7.36. The molecule has 14 rings (SSSR count). The molecule has 0 spiro atoms. The van der Waals surface area contributed by atoms with E-state index >= 15 is 0 Å². The molecule has 3 nitrogen and oxygen atoms in total. The molecule has 0 fully saturated rings. The number of anilines is 2. The smallest absolute Gasteiger partial charge is 0.343 e. The molecule has 0 radical (unpaired) electrons. The summed E-state index contributed by atoms with van der Waals surface area (Å²) in [6.45, 7) is 23.8. The third kappa shape index (κ3) is 5.05. The van der Waals surface area contributed by atoms with Crippen LogP contribution in [-0.4, -0.2) is 11.4 Å². The van der Waals surface area contributed by atoms with Gasteiger partial charge in [-0.05, 0) is 128 Å². The van der Waals surface area contributed by atoms with Crippen LogP contribution in [0.2, 0.25) is 0 Å². The Hall–Kier alpha value is -5.82. The molecule has 6 heterocycles. The lowest BCUT2D eigenvalue weighted by Crippen LogP contribution is -2.59. The quantitative estimate of drug-likeness (QED) is 0.153. The summed E-state index contributed by atoms with van der Waals surface area (Å²) in [5, 5.41) is 8.93. The van der Waals surface area contributed by atoms with Gasteiger partial charge in [-0.3, -0.25) is 0 Å². The molecule has 11 aromatic rings. The Labute approximate surface area is 394 Å². The molecule has 6 heteroatoms. The number of furan rings is 1. The van der Waals surface area contributed by atoms with Crippen LogP contribution in [0.15, 0.2) is 120 Å². The van der Waals surface area contributed by atoms with E-state index in [0.717, 1.165) is 24.0 Å². The average Bonchev–Trinajstić information content (AvgIpc) is 4.04. The number of fused-ring (bicyclic) bond motifs is 19. The van der Waals surface area contributed by atoms with E-state index in [1.165, 1.54) is 124 Å². The van der Waals surface area contributed by atoms with E-state index in [1.807, 2.05) is 22.7 Å². The zero-order valence-electron chi connectivity index (χ0n) is 39.6. The van der Waals surface area contributed by atoms with Crippen LogP contribution < -0.4 is 15.1 Å². The molecular weight excluding hydrogens is 840 g/mol. The van der Waals surface area contributed by atoms with Gasteiger partial charge in [-0.25, -0.2) is 0 Å². The van der Waals surface area contributed by atoms with Gasteiger partial charge in [-0.15, -0.1) is 22.7 Å². The Balaban J connectivity index is 1.25. The summed E-state index contributed by atoms with van der Waals surface area (Å²) in [6.07, 6.45) is 2.33. The number of para-hydroxylation sites is 1. The van der Waals surface area contributed by atoms with Gasteiger partial charge in [0.15, 0.2) is 0 Å². The van der Waals surface area contributed by atoms with E-state index < -0.39 is 0 Å². The molecule has 0 amide bonds. The molecule has 0 atom stereocenters. The van der Waals surface area contributed by atoms with Gasteiger partial charge in [0.1, 0.15) is 11.2 Å². The fourth-order valence-electron chi connectivity index (χ4n) is 12.4. The van der Waals surface area contributed by atoms with E-state index in [9.17, 15) is 0 Å². The van der Waals surface area contributed by atoms with Crippen molar-refractivity contribution >= 4 is 125 Å². The number of hydrogen-bond acceptors (Lipinski definition) is 4. The maximum absolute atomic E-state index is 7.36. The van der Waals surface area contributed by atoms with Crippen LogP contribution in [-0.2, 0) is 21.7 Å². The summed E-state index contributed by atoms with van der Waals surface area (Å²) in [7, 11) is 0. The van der Waals surface area contributed by atoms with Gasteiger partial charge in [-0.2, -0.15) is 0 Å². The largest absolute Gasteiger partial charge is 0.455 e. The molecule has 0 saturated carbocycles. The fourth-order valence-corrected chi connectivity index (χ4v) is 14.8. The van der Waals surface area contributed by atoms with Crippen LogP contribution in [0.4, 0.5) is 11.4 Å². The number of aromatic nitrogens is 1. The highest BCUT2D eigenvalue weighted by atomic mass is 32.1. The molecule has 2 aliphatic heterocycles. The predicted molar refractivity (Wildman–Crippen MR) is 288 cm³/mol. The summed E-state index contributed by atoms with van der Waals surface area (Å²) in [6, 6.07) is 45.0. The van der Waals surface area contributed by atoms with Crippen LogP contribution in [0.25, 0.3) is 90.8 Å². The van der Waals surface area contributed by atoms with Crippen molar-refractivity contribution in [3.05, 3.63) is 138 Å². The highest BCUT2D eigenvalue weighted by Crippen LogP contribution is 2.56. The monoisotopic (exact) mass is 892 g/mol. The highest BCUT2D eigenvalue weighted by Gasteiger charge is 2.48. The minimum atomic E-state index is -0.0966. The number of nitrogens with zero attached hydrogens (tertiary/aromatic N) is 2. The second kappa shape index (κ2) is 12.6. The number of thiophene rings is 2. The van der Waals surface area contributed by atoms with Crippen molar-refractivity contribution in [2.24, 2.45) is 0 Å². The maximum Gasteiger partial charge on any atom is 0.343 e. The fraction of sp³-hybridized carbons (Fsp3) is 0.267. The van der Waals surface area contributed by atoms with Gasteiger partial charge in [0.05, 0.1) is 22.1 Å². The van der Waals surface area contributed by atoms with Gasteiger partial charge >= 0.3 is 6.85 Å². The molecule has 0 saturated heterocycles. The first kappa shape index (κ1) is 39.4. The average molecular weight is 893 g/mol. The van der Waals surface area contributed by atoms with Crippen molar-refractivity contribution in [3.63, 3.8) is 0 Å². The van der Waals surface area contributed by atoms with Crippen molar-refractivity contribution in [2.75, 3.05) is 4.81 Å². The van der Waals surface area contributed by atoms with Crippen LogP contribution in [0.5, 0.6) is 0 Å². The minimum Gasteiger partial charge on any atom is -0.455 e. The SMILES string of the molecule is CC(C)(C)c1ccc(N2B3c4sc5ccc(C(C)(C)C)cc5c4-n4c5cc6c(cc5c5c7oc8ccccc8c7c(c3c54)-c3cc4sc5ccccc5c4cc32)C(C)(C)CCC6(C)C)cc1. The van der Waals surface area contributed by atoms with Crippen LogP contribution in [0, 0.1) is 0 Å². The van der Waals surface area contributed by atoms with E-state index in [1.54, 1.807) is 0 Å². The van der Waals surface area contributed by atoms with E-state index in [0.29, 0.717) is 0 Å². The Morgan fingerprint density at radius 1 is 0.591 bits per heavy atom. The third-order valence-electron chi connectivity index (χ3n) is 16.1. The summed E-state index contributed by atoms with van der Waals surface area (Å²) >= 11 is 3.91. The molecule has 324 valence electrons. The lowest BCUT2D eigenvalue weighted by atomic mass is 9.47. The standard InChI is InChI=1S/C60H53BN2OS2/c1-57(2,3)32-19-22-34(23-20-32)63-44-29-37-35-15-12-14-18-46(35)65-48(37)30-39(44)49-50-36-16-11-13-17-45(36)64-55(50)51-38-28-41-42(60(9,10)26-25-59(41,7)8)31-43(38)62-53-40-27-33(58(4,5)6)21-24-47(40)66-56(53)61(63)52(49)54(51)62/h11-24,27-31H,25-26H2,1-10H3. The van der Waals surface area contributed by atoms with Crippen LogP contribution in [0.3, 0.4) is 0 Å². The first-order chi connectivity index (χ1) is 31.5. The second-order valence-electron chi connectivity index (χ2n) is 23.1. The number of benzene rings is 7. The zero-order chi connectivity index (χ0) is 45.1. The van der Waals surface area contributed by atoms with Crippen molar-refractivity contribution in [2.45, 2.75) is 104 Å². The molecule has 1 aliphatic carbocycles. The van der Waals surface area contributed by atoms with Crippen molar-refractivity contribution < 1.29 is 4.42 Å². The van der Waals surface area contributed by atoms with Gasteiger partial charge in [0, 0.05) is 68.1 Å². The molecule has 0 unspecified atom stereocenters. The lowest BCUT2D eigenvalue weighted by molar-refractivity contribution is 0.332. The molecular formula is C60H53BN2OS2. The Kier molecular flexibility index (Phi) is 7.50. The molecule has 66 heavy (non-hydrogen) atoms. The molecule has 7 aromatic carbocycles. The third-order valence-corrected chi connectivity index (χ3v) is 18.5. The Morgan fingerprint density at radius 2 is 1.26 bits per heavy atom. The zero-order valence-corrected chi connectivity index (χ0v) is 41.2. The first-order valence-corrected chi connectivity index (χ1v) is 25.5. The second-order valence-corrected chi connectivity index (χ2v) is 25.3. The van der Waals surface area contributed by atoms with Crippen molar-refractivity contribution in [3.8, 4) is 16.8 Å². The summed E-state index contributed by atoms with van der Waals surface area (Å²) in [5.74, 6) is 0.